The molecule has 2 rings (SSSR count). The summed E-state index contributed by atoms with van der Waals surface area (Å²) in [5, 5.41) is 8.54. The summed E-state index contributed by atoms with van der Waals surface area (Å²) in [7, 11) is 0. The fraction of sp³-hybridized carbons (Fsp3) is 0. The number of amides is 2. The van der Waals surface area contributed by atoms with Gasteiger partial charge in [0.05, 0.1) is 18.1 Å². The molecule has 6 nitrogen and oxygen atoms in total. The predicted octanol–water partition coefficient (Wildman–Crippen LogP) is 0.627. The van der Waals surface area contributed by atoms with Crippen LogP contribution in [0.5, 0.6) is 0 Å². The first-order chi connectivity index (χ1) is 7.29. The van der Waals surface area contributed by atoms with E-state index in [1.165, 1.54) is 22.2 Å². The first kappa shape index (κ1) is 9.20. The lowest BCUT2D eigenvalue weighted by Crippen LogP contribution is -2.40. The number of nitrogens with zero attached hydrogens (tertiary/aromatic N) is 4. The van der Waals surface area contributed by atoms with Crippen LogP contribution in [0.25, 0.3) is 0 Å². The van der Waals surface area contributed by atoms with Gasteiger partial charge in [0.1, 0.15) is 0 Å². The fourth-order valence-corrected chi connectivity index (χ4v) is 1.22. The van der Waals surface area contributed by atoms with E-state index in [9.17, 15) is 4.79 Å². The molecule has 0 aliphatic rings. The number of anilines is 1. The Balaban J connectivity index is 2.42. The van der Waals surface area contributed by atoms with E-state index in [0.29, 0.717) is 5.69 Å². The van der Waals surface area contributed by atoms with E-state index >= 15 is 0 Å². The number of primary amides is 1. The summed E-state index contributed by atoms with van der Waals surface area (Å²) in [5.41, 5.74) is 5.89. The number of hydrogen-bond donors (Lipinski definition) is 1. The first-order valence-corrected chi connectivity index (χ1v) is 4.30. The minimum atomic E-state index is -0.619. The summed E-state index contributed by atoms with van der Waals surface area (Å²) in [6.45, 7) is 0. The summed E-state index contributed by atoms with van der Waals surface area (Å²) in [5.74, 6) is 0. The van der Waals surface area contributed by atoms with Gasteiger partial charge in [-0.15, -0.1) is 5.10 Å². The average molecular weight is 203 g/mol. The molecule has 0 unspecified atom stereocenters. The third kappa shape index (κ3) is 1.78. The Morgan fingerprint density at radius 2 is 2.07 bits per heavy atom. The maximum atomic E-state index is 11.3. The lowest BCUT2D eigenvalue weighted by atomic mass is 10.3. The lowest BCUT2D eigenvalue weighted by Gasteiger charge is -2.18. The number of carbonyl (C=O) groups is 1. The number of nitrogens with two attached hydrogens (primary N) is 1. The second kappa shape index (κ2) is 3.79. The van der Waals surface area contributed by atoms with E-state index in [-0.39, 0.29) is 0 Å². The molecule has 0 spiro atoms. The highest BCUT2D eigenvalue weighted by Crippen LogP contribution is 2.12. The second-order valence-electron chi connectivity index (χ2n) is 2.81. The normalized spacial score (nSPS) is 9.87. The Morgan fingerprint density at radius 3 is 2.60 bits per heavy atom. The Hall–Kier alpha value is -2.37. The Morgan fingerprint density at radius 1 is 1.33 bits per heavy atom. The quantitative estimate of drug-likeness (QED) is 0.777. The van der Waals surface area contributed by atoms with Crippen molar-refractivity contribution in [2.75, 3.05) is 5.01 Å². The lowest BCUT2D eigenvalue weighted by molar-refractivity contribution is 0.250. The number of aromatic nitrogens is 3. The highest BCUT2D eigenvalue weighted by Gasteiger charge is 2.14. The first-order valence-electron chi connectivity index (χ1n) is 4.30. The molecule has 0 saturated heterocycles. The fourth-order valence-electron chi connectivity index (χ4n) is 1.22. The summed E-state index contributed by atoms with van der Waals surface area (Å²) >= 11 is 0. The van der Waals surface area contributed by atoms with Crippen LogP contribution in [0.1, 0.15) is 0 Å². The van der Waals surface area contributed by atoms with Gasteiger partial charge in [-0.3, -0.25) is 0 Å². The maximum absolute atomic E-state index is 11.3. The van der Waals surface area contributed by atoms with Crippen LogP contribution < -0.4 is 10.7 Å². The molecule has 2 N–H and O–H groups in total. The molecule has 76 valence electrons. The molecule has 1 heterocycles. The molecule has 2 aromatic rings. The highest BCUT2D eigenvalue weighted by atomic mass is 16.2. The summed E-state index contributed by atoms with van der Waals surface area (Å²) in [6, 6.07) is 8.36. The Labute approximate surface area is 85.9 Å². The maximum Gasteiger partial charge on any atom is 0.340 e. The van der Waals surface area contributed by atoms with Gasteiger partial charge >= 0.3 is 6.03 Å². The van der Waals surface area contributed by atoms with E-state index in [1.54, 1.807) is 12.1 Å². The minimum absolute atomic E-state index is 0.619. The van der Waals surface area contributed by atoms with Crippen LogP contribution >= 0.6 is 0 Å². The number of benzene rings is 1. The molecular weight excluding hydrogens is 194 g/mol. The van der Waals surface area contributed by atoms with Gasteiger partial charge in [0.15, 0.2) is 0 Å². The standard InChI is InChI=1S/C9H9N5O/c10-9(15)14(13-7-6-11-12-13)8-4-2-1-3-5-8/h1-7H,(H2,10,15). The second-order valence-corrected chi connectivity index (χ2v) is 2.81. The molecule has 0 atom stereocenters. The third-order valence-electron chi connectivity index (χ3n) is 1.82. The number of para-hydroxylation sites is 1. The molecule has 0 radical (unpaired) electrons. The van der Waals surface area contributed by atoms with Gasteiger partial charge in [-0.1, -0.05) is 18.2 Å². The van der Waals surface area contributed by atoms with E-state index in [0.717, 1.165) is 0 Å². The third-order valence-corrected chi connectivity index (χ3v) is 1.82. The molecule has 0 fully saturated rings. The van der Waals surface area contributed by atoms with E-state index < -0.39 is 6.03 Å². The van der Waals surface area contributed by atoms with Crippen molar-refractivity contribution in [3.63, 3.8) is 0 Å². The summed E-state index contributed by atoms with van der Waals surface area (Å²) in [6.07, 6.45) is 3.01. The van der Waals surface area contributed by atoms with Gasteiger partial charge < -0.3 is 5.73 Å². The SMILES string of the molecule is NC(=O)N(c1ccccc1)n1ccnn1. The topological polar surface area (TPSA) is 77.0 Å². The zero-order valence-corrected chi connectivity index (χ0v) is 7.82. The van der Waals surface area contributed by atoms with Crippen molar-refractivity contribution in [1.82, 2.24) is 15.1 Å². The van der Waals surface area contributed by atoms with Crippen molar-refractivity contribution in [3.8, 4) is 0 Å². The van der Waals surface area contributed by atoms with Crippen molar-refractivity contribution in [1.29, 1.82) is 0 Å². The molecule has 0 bridgehead atoms. The summed E-state index contributed by atoms with van der Waals surface area (Å²) < 4.78 is 0. The molecular formula is C9H9N5O. The van der Waals surface area contributed by atoms with Gasteiger partial charge in [0.2, 0.25) is 0 Å². The number of hydrogen-bond acceptors (Lipinski definition) is 3. The predicted molar refractivity (Wildman–Crippen MR) is 53.9 cm³/mol. The molecule has 0 saturated carbocycles. The van der Waals surface area contributed by atoms with Gasteiger partial charge in [0, 0.05) is 0 Å². The van der Waals surface area contributed by atoms with Crippen LogP contribution in [0.3, 0.4) is 0 Å². The van der Waals surface area contributed by atoms with Crippen LogP contribution in [0.15, 0.2) is 42.7 Å². The molecule has 0 aliphatic carbocycles. The van der Waals surface area contributed by atoms with Crippen LogP contribution in [0.2, 0.25) is 0 Å². The molecule has 0 aliphatic heterocycles. The molecule has 1 aromatic carbocycles. The van der Waals surface area contributed by atoms with Crippen LogP contribution in [-0.2, 0) is 0 Å². The number of urea groups is 1. The van der Waals surface area contributed by atoms with Gasteiger partial charge in [-0.25, -0.2) is 4.79 Å². The van der Waals surface area contributed by atoms with Gasteiger partial charge in [-0.05, 0) is 17.3 Å². The van der Waals surface area contributed by atoms with Gasteiger partial charge in [0.25, 0.3) is 0 Å². The number of carbonyl (C=O) groups excluding carboxylic acids is 1. The molecule has 2 amide bonds. The van der Waals surface area contributed by atoms with Gasteiger partial charge in [-0.2, -0.15) is 9.80 Å². The molecule has 1 aromatic heterocycles. The van der Waals surface area contributed by atoms with E-state index in [2.05, 4.69) is 10.3 Å². The average Bonchev–Trinajstić information content (AvgIpc) is 2.72. The van der Waals surface area contributed by atoms with Crippen molar-refractivity contribution in [3.05, 3.63) is 42.7 Å². The Kier molecular flexibility index (Phi) is 2.32. The zero-order chi connectivity index (χ0) is 10.7. The van der Waals surface area contributed by atoms with Crippen LogP contribution in [0, 0.1) is 0 Å². The molecule has 6 heteroatoms. The minimum Gasteiger partial charge on any atom is -0.350 e. The zero-order valence-electron chi connectivity index (χ0n) is 7.82. The van der Waals surface area contributed by atoms with Crippen LogP contribution in [-0.4, -0.2) is 21.1 Å². The number of rotatable bonds is 2. The molecule has 15 heavy (non-hydrogen) atoms. The van der Waals surface area contributed by atoms with Crippen LogP contribution in [0.4, 0.5) is 10.5 Å². The van der Waals surface area contributed by atoms with Crippen molar-refractivity contribution in [2.24, 2.45) is 5.73 Å². The van der Waals surface area contributed by atoms with E-state index in [1.807, 2.05) is 18.2 Å². The van der Waals surface area contributed by atoms with Crippen molar-refractivity contribution < 1.29 is 4.79 Å². The summed E-state index contributed by atoms with van der Waals surface area (Å²) in [4.78, 5) is 12.5. The highest BCUT2D eigenvalue weighted by molar-refractivity contribution is 5.89. The van der Waals surface area contributed by atoms with Crippen molar-refractivity contribution >= 4 is 11.7 Å². The van der Waals surface area contributed by atoms with Crippen molar-refractivity contribution in [2.45, 2.75) is 0 Å². The largest absolute Gasteiger partial charge is 0.350 e. The monoisotopic (exact) mass is 203 g/mol. The smallest absolute Gasteiger partial charge is 0.340 e. The van der Waals surface area contributed by atoms with E-state index in [4.69, 9.17) is 5.73 Å². The Bertz CT molecular complexity index is 439.